The molecular weight excluding hydrogens is 388 g/mol. The van der Waals surface area contributed by atoms with Crippen LogP contribution < -0.4 is 15.4 Å². The number of aromatic amines is 1. The summed E-state index contributed by atoms with van der Waals surface area (Å²) >= 11 is 0. The van der Waals surface area contributed by atoms with E-state index < -0.39 is 0 Å². The molecule has 4 rings (SSSR count). The molecule has 1 aromatic heterocycles. The van der Waals surface area contributed by atoms with Crippen molar-refractivity contribution in [1.82, 2.24) is 19.8 Å². The van der Waals surface area contributed by atoms with Gasteiger partial charge in [0, 0.05) is 64.1 Å². The number of benzene rings is 1. The summed E-state index contributed by atoms with van der Waals surface area (Å²) in [5.41, 5.74) is 2.11. The summed E-state index contributed by atoms with van der Waals surface area (Å²) in [5.74, 6) is 0.739. The Labute approximate surface area is 185 Å². The van der Waals surface area contributed by atoms with Crippen molar-refractivity contribution in [3.8, 4) is 0 Å². The molecule has 2 fully saturated rings. The van der Waals surface area contributed by atoms with E-state index in [4.69, 9.17) is 4.98 Å². The Hall–Kier alpha value is -2.38. The zero-order valence-corrected chi connectivity index (χ0v) is 18.8. The molecule has 2 aromatic rings. The summed E-state index contributed by atoms with van der Waals surface area (Å²) < 4.78 is 0. The van der Waals surface area contributed by atoms with Crippen molar-refractivity contribution in [2.75, 3.05) is 68.7 Å². The second-order valence-electron chi connectivity index (χ2n) is 8.69. The summed E-state index contributed by atoms with van der Waals surface area (Å²) in [6.45, 7) is 12.1. The average molecular weight is 425 g/mol. The van der Waals surface area contributed by atoms with E-state index in [1.165, 1.54) is 25.1 Å². The average Bonchev–Trinajstić information content (AvgIpc) is 3.04. The number of hydrogen-bond acceptors (Lipinski definition) is 6. The van der Waals surface area contributed by atoms with Gasteiger partial charge >= 0.3 is 0 Å². The molecule has 168 valence electrons. The van der Waals surface area contributed by atoms with Gasteiger partial charge in [0.05, 0.1) is 5.69 Å². The van der Waals surface area contributed by atoms with Crippen LogP contribution in [0.2, 0.25) is 0 Å². The minimum Gasteiger partial charge on any atom is -0.369 e. The van der Waals surface area contributed by atoms with Gasteiger partial charge in [-0.05, 0) is 38.1 Å². The number of para-hydroxylation sites is 1. The quantitative estimate of drug-likeness (QED) is 0.737. The van der Waals surface area contributed by atoms with Crippen LogP contribution in [0.1, 0.15) is 31.9 Å². The van der Waals surface area contributed by atoms with Crippen molar-refractivity contribution in [1.29, 1.82) is 0 Å². The molecule has 31 heavy (non-hydrogen) atoms. The van der Waals surface area contributed by atoms with Gasteiger partial charge in [-0.15, -0.1) is 0 Å². The van der Waals surface area contributed by atoms with Crippen LogP contribution in [0.15, 0.2) is 41.2 Å². The topological polar surface area (TPSA) is 58.7 Å². The predicted octanol–water partition coefficient (Wildman–Crippen LogP) is 2.40. The highest BCUT2D eigenvalue weighted by Crippen LogP contribution is 2.17. The number of H-pyrrole nitrogens is 1. The van der Waals surface area contributed by atoms with Gasteiger partial charge in [-0.25, -0.2) is 4.98 Å². The van der Waals surface area contributed by atoms with Gasteiger partial charge in [0.25, 0.3) is 5.56 Å². The van der Waals surface area contributed by atoms with Crippen LogP contribution in [0.4, 0.5) is 11.6 Å². The lowest BCUT2D eigenvalue weighted by Crippen LogP contribution is -2.46. The number of aromatic nitrogens is 2. The van der Waals surface area contributed by atoms with Crippen molar-refractivity contribution in [3.63, 3.8) is 0 Å². The molecule has 7 nitrogen and oxygen atoms in total. The Morgan fingerprint density at radius 2 is 1.65 bits per heavy atom. The molecule has 1 aromatic carbocycles. The predicted molar refractivity (Wildman–Crippen MR) is 127 cm³/mol. The maximum absolute atomic E-state index is 12.4. The lowest BCUT2D eigenvalue weighted by molar-refractivity contribution is 0.247. The Morgan fingerprint density at radius 3 is 2.42 bits per heavy atom. The monoisotopic (exact) mass is 424 g/mol. The minimum atomic E-state index is -0.0463. The third kappa shape index (κ3) is 6.08. The van der Waals surface area contributed by atoms with E-state index in [1.54, 1.807) is 6.07 Å². The lowest BCUT2D eigenvalue weighted by Gasteiger charge is -2.36. The normalized spacial score (nSPS) is 18.9. The van der Waals surface area contributed by atoms with Crippen LogP contribution in [-0.4, -0.2) is 78.7 Å². The van der Waals surface area contributed by atoms with E-state index in [9.17, 15) is 4.79 Å². The number of nitrogens with one attached hydrogen (secondary N) is 1. The molecular formula is C24H36N6O. The molecule has 2 aliphatic rings. The molecule has 1 N–H and O–H groups in total. The van der Waals surface area contributed by atoms with Crippen molar-refractivity contribution < 1.29 is 0 Å². The maximum atomic E-state index is 12.4. The molecule has 0 unspecified atom stereocenters. The molecule has 0 radical (unpaired) electrons. The second-order valence-corrected chi connectivity index (χ2v) is 8.69. The molecule has 2 aliphatic heterocycles. The molecule has 0 amide bonds. The summed E-state index contributed by atoms with van der Waals surface area (Å²) in [6.07, 6.45) is 3.60. The van der Waals surface area contributed by atoms with Gasteiger partial charge in [-0.1, -0.05) is 31.5 Å². The Balaban J connectivity index is 1.35. The number of anilines is 2. The fourth-order valence-electron chi connectivity index (χ4n) is 4.54. The first kappa shape index (κ1) is 21.8. The number of nitrogens with zero attached hydrogens (tertiary/aromatic N) is 5. The van der Waals surface area contributed by atoms with Crippen LogP contribution in [0, 0.1) is 0 Å². The first-order valence-electron chi connectivity index (χ1n) is 11.8. The molecule has 2 saturated heterocycles. The minimum absolute atomic E-state index is 0.0463. The number of hydrogen-bond donors (Lipinski definition) is 1. The molecule has 7 heteroatoms. The van der Waals surface area contributed by atoms with E-state index in [0.717, 1.165) is 77.0 Å². The maximum Gasteiger partial charge on any atom is 0.252 e. The fraction of sp³-hybridized carbons (Fsp3) is 0.583. The number of unbranched alkanes of at least 4 members (excludes halogenated alkanes) is 1. The van der Waals surface area contributed by atoms with Crippen molar-refractivity contribution in [2.45, 2.75) is 32.7 Å². The summed E-state index contributed by atoms with van der Waals surface area (Å²) in [7, 11) is 0. The van der Waals surface area contributed by atoms with E-state index in [1.807, 2.05) is 0 Å². The van der Waals surface area contributed by atoms with Crippen molar-refractivity contribution >= 4 is 11.6 Å². The number of rotatable bonds is 7. The van der Waals surface area contributed by atoms with E-state index >= 15 is 0 Å². The summed E-state index contributed by atoms with van der Waals surface area (Å²) in [4.78, 5) is 29.8. The zero-order valence-electron chi connectivity index (χ0n) is 18.8. The van der Waals surface area contributed by atoms with Crippen LogP contribution in [0.5, 0.6) is 0 Å². The molecule has 0 aliphatic carbocycles. The van der Waals surface area contributed by atoms with Gasteiger partial charge in [0.1, 0.15) is 0 Å². The SMILES string of the molecule is CCCCN1CCCN(c2nc(CN3CCN(c4ccccc4)CC3)cc(=O)[nH]2)CC1. The Morgan fingerprint density at radius 1 is 0.903 bits per heavy atom. The highest BCUT2D eigenvalue weighted by Gasteiger charge is 2.20. The van der Waals surface area contributed by atoms with Gasteiger partial charge in [0.2, 0.25) is 5.95 Å². The van der Waals surface area contributed by atoms with Crippen molar-refractivity contribution in [3.05, 3.63) is 52.4 Å². The molecule has 0 spiro atoms. The molecule has 0 saturated carbocycles. The fourth-order valence-corrected chi connectivity index (χ4v) is 4.54. The highest BCUT2D eigenvalue weighted by atomic mass is 16.1. The molecule has 0 atom stereocenters. The van der Waals surface area contributed by atoms with E-state index in [2.05, 4.69) is 61.8 Å². The number of piperazine rings is 1. The first-order chi connectivity index (χ1) is 15.2. The smallest absolute Gasteiger partial charge is 0.252 e. The third-order valence-corrected chi connectivity index (χ3v) is 6.38. The van der Waals surface area contributed by atoms with Crippen LogP contribution in [-0.2, 0) is 6.54 Å². The van der Waals surface area contributed by atoms with Gasteiger partial charge in [-0.2, -0.15) is 0 Å². The Kier molecular flexibility index (Phi) is 7.59. The van der Waals surface area contributed by atoms with Crippen molar-refractivity contribution in [2.24, 2.45) is 0 Å². The van der Waals surface area contributed by atoms with Crippen LogP contribution >= 0.6 is 0 Å². The Bertz CT molecular complexity index is 862. The third-order valence-electron chi connectivity index (χ3n) is 6.38. The van der Waals surface area contributed by atoms with E-state index in [-0.39, 0.29) is 5.56 Å². The molecule has 3 heterocycles. The zero-order chi connectivity index (χ0) is 21.5. The highest BCUT2D eigenvalue weighted by molar-refractivity contribution is 5.46. The second kappa shape index (κ2) is 10.8. The first-order valence-corrected chi connectivity index (χ1v) is 11.8. The van der Waals surface area contributed by atoms with Crippen LogP contribution in [0.3, 0.4) is 0 Å². The largest absolute Gasteiger partial charge is 0.369 e. The van der Waals surface area contributed by atoms with Gasteiger partial charge in [-0.3, -0.25) is 14.7 Å². The standard InChI is InChI=1S/C24H36N6O/c1-2-3-10-27-11-7-12-30(18-13-27)24-25-21(19-23(31)26-24)20-28-14-16-29(17-15-28)22-8-5-4-6-9-22/h4-6,8-9,19H,2-3,7,10-18,20H2,1H3,(H,25,26,31). The summed E-state index contributed by atoms with van der Waals surface area (Å²) in [6, 6.07) is 12.3. The lowest BCUT2D eigenvalue weighted by atomic mass is 10.2. The van der Waals surface area contributed by atoms with E-state index in [0.29, 0.717) is 0 Å². The molecule has 0 bridgehead atoms. The van der Waals surface area contributed by atoms with Gasteiger partial charge in [0.15, 0.2) is 0 Å². The summed E-state index contributed by atoms with van der Waals surface area (Å²) in [5, 5.41) is 0. The van der Waals surface area contributed by atoms with Gasteiger partial charge < -0.3 is 14.7 Å². The van der Waals surface area contributed by atoms with Crippen LogP contribution in [0.25, 0.3) is 0 Å².